The van der Waals surface area contributed by atoms with Gasteiger partial charge >= 0.3 is 0 Å². The van der Waals surface area contributed by atoms with Crippen LogP contribution in [-0.4, -0.2) is 6.61 Å². The van der Waals surface area contributed by atoms with E-state index < -0.39 is 0 Å². The van der Waals surface area contributed by atoms with Crippen LogP contribution < -0.4 is 10.5 Å². The molecule has 1 rings (SSSR count). The minimum Gasteiger partial charge on any atom is -0.491 e. The largest absolute Gasteiger partial charge is 0.491 e. The number of anilines is 1. The SMILES string of the molecule is CCCCOc1ccc(F)cc1N. The second kappa shape index (κ2) is 4.70. The van der Waals surface area contributed by atoms with E-state index in [1.165, 1.54) is 12.1 Å². The predicted molar refractivity (Wildman–Crippen MR) is 51.2 cm³/mol. The van der Waals surface area contributed by atoms with Gasteiger partial charge in [-0.25, -0.2) is 4.39 Å². The highest BCUT2D eigenvalue weighted by Gasteiger charge is 2.00. The molecular formula is C10H14FNO. The molecule has 0 atom stereocenters. The second-order valence-corrected chi connectivity index (χ2v) is 2.88. The van der Waals surface area contributed by atoms with Crippen LogP contribution in [-0.2, 0) is 0 Å². The molecule has 2 nitrogen and oxygen atoms in total. The van der Waals surface area contributed by atoms with E-state index in [1.807, 2.05) is 0 Å². The van der Waals surface area contributed by atoms with Gasteiger partial charge in [0.15, 0.2) is 0 Å². The lowest BCUT2D eigenvalue weighted by atomic mass is 10.3. The average Bonchev–Trinajstić information content (AvgIpc) is 2.09. The molecule has 0 aliphatic heterocycles. The number of nitrogen functional groups attached to an aromatic ring is 1. The summed E-state index contributed by atoms with van der Waals surface area (Å²) < 4.78 is 17.9. The Labute approximate surface area is 77.5 Å². The smallest absolute Gasteiger partial charge is 0.142 e. The molecule has 0 aromatic heterocycles. The van der Waals surface area contributed by atoms with E-state index in [1.54, 1.807) is 6.07 Å². The molecule has 0 aliphatic carbocycles. The molecule has 0 aliphatic rings. The molecular weight excluding hydrogens is 169 g/mol. The number of hydrogen-bond donors (Lipinski definition) is 1. The lowest BCUT2D eigenvalue weighted by Gasteiger charge is -2.07. The van der Waals surface area contributed by atoms with E-state index in [4.69, 9.17) is 10.5 Å². The van der Waals surface area contributed by atoms with E-state index in [2.05, 4.69) is 6.92 Å². The minimum atomic E-state index is -0.333. The zero-order valence-electron chi connectivity index (χ0n) is 7.72. The van der Waals surface area contributed by atoms with Crippen LogP contribution in [0.15, 0.2) is 18.2 Å². The fourth-order valence-electron chi connectivity index (χ4n) is 0.977. The van der Waals surface area contributed by atoms with Crippen molar-refractivity contribution in [3.05, 3.63) is 24.0 Å². The van der Waals surface area contributed by atoms with Crippen LogP contribution in [0.25, 0.3) is 0 Å². The average molecular weight is 183 g/mol. The molecule has 1 aromatic carbocycles. The summed E-state index contributed by atoms with van der Waals surface area (Å²) in [6.07, 6.45) is 2.05. The number of unbranched alkanes of at least 4 members (excludes halogenated alkanes) is 1. The maximum atomic E-state index is 12.6. The fraction of sp³-hybridized carbons (Fsp3) is 0.400. The van der Waals surface area contributed by atoms with Crippen molar-refractivity contribution in [2.45, 2.75) is 19.8 Å². The van der Waals surface area contributed by atoms with E-state index in [9.17, 15) is 4.39 Å². The highest BCUT2D eigenvalue weighted by molar-refractivity contribution is 5.52. The topological polar surface area (TPSA) is 35.2 Å². The van der Waals surface area contributed by atoms with Gasteiger partial charge in [-0.05, 0) is 18.6 Å². The molecule has 0 fully saturated rings. The van der Waals surface area contributed by atoms with Gasteiger partial charge in [-0.3, -0.25) is 0 Å². The summed E-state index contributed by atoms with van der Waals surface area (Å²) in [6.45, 7) is 2.71. The van der Waals surface area contributed by atoms with Crippen LogP contribution in [0.5, 0.6) is 5.75 Å². The third kappa shape index (κ3) is 2.93. The predicted octanol–water partition coefficient (Wildman–Crippen LogP) is 2.59. The number of rotatable bonds is 4. The first-order chi connectivity index (χ1) is 6.24. The van der Waals surface area contributed by atoms with Gasteiger partial charge < -0.3 is 10.5 Å². The normalized spacial score (nSPS) is 10.0. The lowest BCUT2D eigenvalue weighted by Crippen LogP contribution is -2.00. The first-order valence-electron chi connectivity index (χ1n) is 4.42. The summed E-state index contributed by atoms with van der Waals surface area (Å²) in [6, 6.07) is 4.17. The molecule has 0 heterocycles. The molecule has 0 saturated heterocycles. The quantitative estimate of drug-likeness (QED) is 0.575. The molecule has 72 valence electrons. The van der Waals surface area contributed by atoms with Crippen molar-refractivity contribution in [1.82, 2.24) is 0 Å². The molecule has 0 unspecified atom stereocenters. The van der Waals surface area contributed by atoms with Gasteiger partial charge in [0.2, 0.25) is 0 Å². The summed E-state index contributed by atoms with van der Waals surface area (Å²) in [5, 5.41) is 0. The molecule has 0 radical (unpaired) electrons. The van der Waals surface area contributed by atoms with Gasteiger partial charge in [0.25, 0.3) is 0 Å². The monoisotopic (exact) mass is 183 g/mol. The Morgan fingerprint density at radius 2 is 2.23 bits per heavy atom. The molecule has 0 saturated carbocycles. The van der Waals surface area contributed by atoms with Gasteiger partial charge in [-0.2, -0.15) is 0 Å². The Balaban J connectivity index is 2.56. The van der Waals surface area contributed by atoms with Gasteiger partial charge in [-0.15, -0.1) is 0 Å². The second-order valence-electron chi connectivity index (χ2n) is 2.88. The fourth-order valence-corrected chi connectivity index (χ4v) is 0.977. The minimum absolute atomic E-state index is 0.333. The van der Waals surface area contributed by atoms with Gasteiger partial charge in [-0.1, -0.05) is 13.3 Å². The summed E-state index contributed by atoms with van der Waals surface area (Å²) in [5.41, 5.74) is 5.90. The third-order valence-electron chi connectivity index (χ3n) is 1.73. The molecule has 13 heavy (non-hydrogen) atoms. The number of halogens is 1. The number of benzene rings is 1. The highest BCUT2D eigenvalue weighted by Crippen LogP contribution is 2.21. The van der Waals surface area contributed by atoms with Gasteiger partial charge in [0.1, 0.15) is 11.6 Å². The van der Waals surface area contributed by atoms with Gasteiger partial charge in [0, 0.05) is 6.07 Å². The maximum absolute atomic E-state index is 12.6. The summed E-state index contributed by atoms with van der Waals surface area (Å²) in [7, 11) is 0. The van der Waals surface area contributed by atoms with Crippen molar-refractivity contribution in [2.75, 3.05) is 12.3 Å². The molecule has 1 aromatic rings. The summed E-state index contributed by atoms with van der Waals surface area (Å²) >= 11 is 0. The first kappa shape index (κ1) is 9.84. The number of nitrogens with two attached hydrogens (primary N) is 1. The molecule has 3 heteroatoms. The van der Waals surface area contributed by atoms with Crippen LogP contribution in [0.4, 0.5) is 10.1 Å². The first-order valence-corrected chi connectivity index (χ1v) is 4.42. The van der Waals surface area contributed by atoms with Crippen molar-refractivity contribution in [3.63, 3.8) is 0 Å². The van der Waals surface area contributed by atoms with Crippen LogP contribution >= 0.6 is 0 Å². The molecule has 0 bridgehead atoms. The van der Waals surface area contributed by atoms with Crippen LogP contribution in [0.1, 0.15) is 19.8 Å². The molecule has 0 amide bonds. The Kier molecular flexibility index (Phi) is 3.55. The maximum Gasteiger partial charge on any atom is 0.142 e. The Morgan fingerprint density at radius 1 is 1.46 bits per heavy atom. The Hall–Kier alpha value is -1.25. The zero-order chi connectivity index (χ0) is 9.68. The van der Waals surface area contributed by atoms with E-state index in [0.29, 0.717) is 18.0 Å². The third-order valence-corrected chi connectivity index (χ3v) is 1.73. The van der Waals surface area contributed by atoms with Crippen molar-refractivity contribution < 1.29 is 9.13 Å². The van der Waals surface area contributed by atoms with E-state index in [-0.39, 0.29) is 5.82 Å². The summed E-state index contributed by atoms with van der Waals surface area (Å²) in [4.78, 5) is 0. The molecule has 0 spiro atoms. The lowest BCUT2D eigenvalue weighted by molar-refractivity contribution is 0.310. The zero-order valence-corrected chi connectivity index (χ0v) is 7.72. The van der Waals surface area contributed by atoms with E-state index >= 15 is 0 Å². The number of hydrogen-bond acceptors (Lipinski definition) is 2. The highest BCUT2D eigenvalue weighted by atomic mass is 19.1. The standard InChI is InChI=1S/C10H14FNO/c1-2-3-6-13-10-5-4-8(11)7-9(10)12/h4-5,7H,2-3,6,12H2,1H3. The van der Waals surface area contributed by atoms with Crippen LogP contribution in [0.3, 0.4) is 0 Å². The van der Waals surface area contributed by atoms with Crippen molar-refractivity contribution >= 4 is 5.69 Å². The Morgan fingerprint density at radius 3 is 2.85 bits per heavy atom. The van der Waals surface area contributed by atoms with Crippen LogP contribution in [0, 0.1) is 5.82 Å². The number of ether oxygens (including phenoxy) is 1. The molecule has 2 N–H and O–H groups in total. The Bertz CT molecular complexity index is 276. The van der Waals surface area contributed by atoms with Crippen molar-refractivity contribution in [3.8, 4) is 5.75 Å². The summed E-state index contributed by atoms with van der Waals surface area (Å²) in [5.74, 6) is 0.232. The van der Waals surface area contributed by atoms with Crippen molar-refractivity contribution in [1.29, 1.82) is 0 Å². The van der Waals surface area contributed by atoms with Gasteiger partial charge in [0.05, 0.1) is 12.3 Å². The van der Waals surface area contributed by atoms with Crippen LogP contribution in [0.2, 0.25) is 0 Å². The van der Waals surface area contributed by atoms with E-state index in [0.717, 1.165) is 12.8 Å². The van der Waals surface area contributed by atoms with Crippen molar-refractivity contribution in [2.24, 2.45) is 0 Å².